The van der Waals surface area contributed by atoms with Gasteiger partial charge < -0.3 is 15.1 Å². The fourth-order valence-corrected chi connectivity index (χ4v) is 1.50. The molecule has 6 heteroatoms. The third-order valence-electron chi connectivity index (χ3n) is 2.30. The van der Waals surface area contributed by atoms with Gasteiger partial charge in [-0.05, 0) is 18.6 Å². The third-order valence-corrected chi connectivity index (χ3v) is 2.30. The number of fused-ring (bicyclic) bond motifs is 1. The Morgan fingerprint density at radius 3 is 2.81 bits per heavy atom. The molecular weight excluding hydrogens is 208 g/mol. The van der Waals surface area contributed by atoms with Gasteiger partial charge in [-0.1, -0.05) is 6.07 Å². The lowest BCUT2D eigenvalue weighted by molar-refractivity contribution is -0.581. The zero-order valence-electron chi connectivity index (χ0n) is 8.39. The smallest absolute Gasteiger partial charge is 0.337 e. The Labute approximate surface area is 90.3 Å². The summed E-state index contributed by atoms with van der Waals surface area (Å²) >= 11 is 0. The predicted octanol–water partition coefficient (Wildman–Crippen LogP) is 0.280. The monoisotopic (exact) mass is 215 g/mol. The number of hydrogen-bond acceptors (Lipinski definition) is 4. The van der Waals surface area contributed by atoms with Gasteiger partial charge in [-0.15, -0.1) is 0 Å². The molecule has 0 saturated carbocycles. The molecule has 1 N–H and O–H groups in total. The summed E-state index contributed by atoms with van der Waals surface area (Å²) in [7, 11) is 0. The first-order chi connectivity index (χ1) is 7.56. The Bertz CT molecular complexity index is 682. The number of aryl methyl sites for hydroxylation is 1. The van der Waals surface area contributed by atoms with E-state index < -0.39 is 11.2 Å². The minimum Gasteiger partial charge on any atom is -0.804 e. The van der Waals surface area contributed by atoms with E-state index in [-0.39, 0.29) is 15.8 Å². The van der Waals surface area contributed by atoms with Crippen LogP contribution in [0.5, 0.6) is 0 Å². The molecule has 1 aromatic carbocycles. The summed E-state index contributed by atoms with van der Waals surface area (Å²) in [4.78, 5) is 0. The summed E-state index contributed by atoms with van der Waals surface area (Å²) in [6.45, 7) is 1.77. The van der Waals surface area contributed by atoms with Crippen molar-refractivity contribution in [3.63, 3.8) is 0 Å². The Morgan fingerprint density at radius 1 is 1.50 bits per heavy atom. The highest BCUT2D eigenvalue weighted by molar-refractivity contribution is 5.73. The van der Waals surface area contributed by atoms with Gasteiger partial charge in [-0.3, -0.25) is 5.41 Å². The highest BCUT2D eigenvalue weighted by Gasteiger charge is 2.14. The largest absolute Gasteiger partial charge is 0.804 e. The molecule has 0 aliphatic rings. The van der Waals surface area contributed by atoms with E-state index in [1.807, 2.05) is 0 Å². The maximum Gasteiger partial charge on any atom is 0.337 e. The molecule has 0 spiro atoms. The highest BCUT2D eigenvalue weighted by Crippen LogP contribution is 2.10. The third kappa shape index (κ3) is 1.19. The Morgan fingerprint density at radius 2 is 2.19 bits per heavy atom. The average Bonchev–Trinajstić information content (AvgIpc) is 2.27. The Balaban J connectivity index is 3.09. The van der Waals surface area contributed by atoms with Crippen molar-refractivity contribution in [1.82, 2.24) is 4.73 Å². The van der Waals surface area contributed by atoms with Gasteiger partial charge in [0.1, 0.15) is 5.52 Å². The molecule has 0 atom stereocenters. The van der Waals surface area contributed by atoms with Gasteiger partial charge in [-0.25, -0.2) is 0 Å². The van der Waals surface area contributed by atoms with Crippen LogP contribution in [0.4, 0.5) is 0 Å². The maximum atomic E-state index is 11.7. The molecule has 2 rings (SSSR count). The highest BCUT2D eigenvalue weighted by atomic mass is 16.5. The van der Waals surface area contributed by atoms with Gasteiger partial charge in [0.15, 0.2) is 6.07 Å². The summed E-state index contributed by atoms with van der Waals surface area (Å²) in [5.74, 6) is 0. The molecule has 0 aliphatic carbocycles. The Hall–Kier alpha value is -2.55. The molecule has 0 fully saturated rings. The molecule has 2 aromatic rings. The lowest BCUT2D eigenvalue weighted by Crippen LogP contribution is -2.41. The van der Waals surface area contributed by atoms with Gasteiger partial charge in [0, 0.05) is 6.07 Å². The van der Waals surface area contributed by atoms with E-state index in [1.54, 1.807) is 19.1 Å². The van der Waals surface area contributed by atoms with Crippen molar-refractivity contribution in [1.29, 1.82) is 10.7 Å². The van der Waals surface area contributed by atoms with Crippen molar-refractivity contribution in [3.05, 3.63) is 45.4 Å². The number of hydrogen-bond donors (Lipinski definition) is 1. The topological polar surface area (TPSA) is 103 Å². The van der Waals surface area contributed by atoms with Gasteiger partial charge in [0.05, 0.1) is 0 Å². The van der Waals surface area contributed by atoms with Crippen molar-refractivity contribution >= 4 is 11.0 Å². The van der Waals surface area contributed by atoms with Crippen molar-refractivity contribution in [2.45, 2.75) is 6.92 Å². The van der Waals surface area contributed by atoms with Crippen LogP contribution in [0.2, 0.25) is 0 Å². The zero-order valence-corrected chi connectivity index (χ0v) is 8.39. The maximum absolute atomic E-state index is 11.7. The minimum absolute atomic E-state index is 0.0909. The molecular formula is C10H7N4O2-. The molecule has 80 valence electrons. The molecule has 0 unspecified atom stereocenters. The molecule has 1 heterocycles. The van der Waals surface area contributed by atoms with Crippen molar-refractivity contribution < 1.29 is 4.73 Å². The zero-order chi connectivity index (χ0) is 11.9. The van der Waals surface area contributed by atoms with Crippen molar-refractivity contribution in [2.75, 3.05) is 0 Å². The SMILES string of the molecule is Cc1ccc2c(c1)n([O-])c(=N)c(C#N)[n+]2[O-]. The van der Waals surface area contributed by atoms with Crippen molar-refractivity contribution in [3.8, 4) is 6.07 Å². The normalized spacial score (nSPS) is 10.2. The summed E-state index contributed by atoms with van der Waals surface area (Å²) in [6.07, 6.45) is 0. The average molecular weight is 215 g/mol. The fourth-order valence-electron chi connectivity index (χ4n) is 1.50. The number of aromatic nitrogens is 2. The van der Waals surface area contributed by atoms with E-state index >= 15 is 0 Å². The Kier molecular flexibility index (Phi) is 2.02. The van der Waals surface area contributed by atoms with Crippen LogP contribution in [-0.4, -0.2) is 4.73 Å². The van der Waals surface area contributed by atoms with Crippen LogP contribution in [-0.2, 0) is 0 Å². The summed E-state index contributed by atoms with van der Waals surface area (Å²) in [5, 5.41) is 39.4. The molecule has 0 radical (unpaired) electrons. The summed E-state index contributed by atoms with van der Waals surface area (Å²) < 4.78 is 0.598. The second kappa shape index (κ2) is 3.24. The lowest BCUT2D eigenvalue weighted by atomic mass is 10.2. The summed E-state index contributed by atoms with van der Waals surface area (Å²) in [5.41, 5.74) is -0.129. The second-order valence-electron chi connectivity index (χ2n) is 3.39. The first kappa shape index (κ1) is 9.98. The van der Waals surface area contributed by atoms with Crippen LogP contribution in [0.3, 0.4) is 0 Å². The van der Waals surface area contributed by atoms with Crippen LogP contribution in [0, 0.1) is 34.1 Å². The lowest BCUT2D eigenvalue weighted by Gasteiger charge is -2.15. The van der Waals surface area contributed by atoms with Crippen molar-refractivity contribution in [2.24, 2.45) is 0 Å². The molecule has 0 bridgehead atoms. The van der Waals surface area contributed by atoms with Crippen LogP contribution < -0.4 is 10.2 Å². The minimum atomic E-state index is -0.629. The first-order valence-corrected chi connectivity index (χ1v) is 4.47. The van der Waals surface area contributed by atoms with Gasteiger partial charge >= 0.3 is 5.69 Å². The number of benzene rings is 1. The molecule has 0 amide bonds. The first-order valence-electron chi connectivity index (χ1n) is 4.47. The van der Waals surface area contributed by atoms with Crippen LogP contribution >= 0.6 is 0 Å². The summed E-state index contributed by atoms with van der Waals surface area (Å²) in [6, 6.07) is 6.20. The van der Waals surface area contributed by atoms with E-state index in [0.717, 1.165) is 5.56 Å². The number of nitrogens with one attached hydrogen (secondary N) is 1. The van der Waals surface area contributed by atoms with E-state index in [1.165, 1.54) is 12.1 Å². The van der Waals surface area contributed by atoms with E-state index in [4.69, 9.17) is 10.7 Å². The fraction of sp³-hybridized carbons (Fsp3) is 0.100. The van der Waals surface area contributed by atoms with Gasteiger partial charge in [0.25, 0.3) is 0 Å². The van der Waals surface area contributed by atoms with Gasteiger partial charge in [0.2, 0.25) is 11.0 Å². The van der Waals surface area contributed by atoms with Gasteiger partial charge in [-0.2, -0.15) is 9.99 Å². The molecule has 0 aliphatic heterocycles. The number of nitriles is 1. The molecule has 6 nitrogen and oxygen atoms in total. The standard InChI is InChI=1S/C10H7N4O2/c1-6-2-3-7-8(4-6)14(16)10(12)9(5-11)13(7)15/h2-4,12H,1H3/q-1. The molecule has 0 saturated heterocycles. The number of nitrogens with zero attached hydrogens (tertiary/aromatic N) is 3. The van der Waals surface area contributed by atoms with E-state index in [9.17, 15) is 10.4 Å². The quantitative estimate of drug-likeness (QED) is 0.504. The second-order valence-corrected chi connectivity index (χ2v) is 3.39. The molecule has 16 heavy (non-hydrogen) atoms. The number of rotatable bonds is 0. The van der Waals surface area contributed by atoms with E-state index in [0.29, 0.717) is 4.73 Å². The van der Waals surface area contributed by atoms with Crippen LogP contribution in [0.15, 0.2) is 18.2 Å². The van der Waals surface area contributed by atoms with Crippen LogP contribution in [0.1, 0.15) is 11.3 Å². The predicted molar refractivity (Wildman–Crippen MR) is 55.0 cm³/mol. The van der Waals surface area contributed by atoms with Crippen LogP contribution in [0.25, 0.3) is 11.0 Å². The molecule has 1 aromatic heterocycles. The van der Waals surface area contributed by atoms with E-state index in [2.05, 4.69) is 0 Å².